The maximum Gasteiger partial charge on any atom is 0.346 e. The summed E-state index contributed by atoms with van der Waals surface area (Å²) in [5.74, 6) is -2.29. The van der Waals surface area contributed by atoms with Crippen molar-refractivity contribution in [2.45, 2.75) is 50.5 Å². The van der Waals surface area contributed by atoms with E-state index >= 15 is 0 Å². The number of carbonyl (C=O) groups is 4. The Hall–Kier alpha value is -2.02. The zero-order valence-corrected chi connectivity index (χ0v) is 30.1. The van der Waals surface area contributed by atoms with Gasteiger partial charge in [0.1, 0.15) is 0 Å². The molecule has 216 valence electrons. The first-order chi connectivity index (χ1) is 19.5. The molecule has 0 spiro atoms. The normalized spacial score (nSPS) is 12.7. The van der Waals surface area contributed by atoms with Crippen molar-refractivity contribution in [2.75, 3.05) is 0 Å². The SMILES string of the molecule is C.CC(C)S.CC(C)Sc1ccc2c3c(cccc13)C(=O)OC2=O.O=C1OC(=O)c2ccc(Br)c3cccc1c23.[2H][B].[U]. The fraction of sp³-hybridized carbons (Fsp3) is 0.226. The minimum Gasteiger partial charge on any atom is -0.386 e. The second-order valence-electron chi connectivity index (χ2n) is 9.28. The first-order valence-corrected chi connectivity index (χ1v) is 14.3. The Labute approximate surface area is 290 Å². The largest absolute Gasteiger partial charge is 0.386 e. The minimum absolute atomic E-state index is 0. The van der Waals surface area contributed by atoms with Crippen molar-refractivity contribution in [3.8, 4) is 0 Å². The number of cyclic esters (lactones) is 4. The first kappa shape index (κ1) is 36.2. The zero-order valence-electron chi connectivity index (χ0n) is 23.7. The summed E-state index contributed by atoms with van der Waals surface area (Å²) in [5, 5.41) is 4.13. The molecule has 2 aliphatic heterocycles. The molecule has 0 unspecified atom stereocenters. The number of thioether (sulfide) groups is 1. The van der Waals surface area contributed by atoms with Crippen LogP contribution in [-0.4, -0.2) is 44.1 Å². The first-order valence-electron chi connectivity index (χ1n) is 12.7. The van der Waals surface area contributed by atoms with Crippen LogP contribution in [-0.2, 0) is 9.47 Å². The van der Waals surface area contributed by atoms with Gasteiger partial charge in [-0.1, -0.05) is 75.3 Å². The van der Waals surface area contributed by atoms with E-state index < -0.39 is 23.9 Å². The van der Waals surface area contributed by atoms with E-state index in [2.05, 4.69) is 55.5 Å². The summed E-state index contributed by atoms with van der Waals surface area (Å²) in [6.07, 6.45) is 0. The number of hydrogen-bond acceptors (Lipinski definition) is 8. The van der Waals surface area contributed by atoms with E-state index in [4.69, 9.17) is 6.07 Å². The molecular formula is C31H30BBrO6S2U. The van der Waals surface area contributed by atoms with E-state index in [0.29, 0.717) is 38.1 Å². The van der Waals surface area contributed by atoms with Gasteiger partial charge in [-0.3, -0.25) is 0 Å². The molecular weight excluding hydrogens is 861 g/mol. The summed E-state index contributed by atoms with van der Waals surface area (Å²) in [6.45, 7) is 8.28. The van der Waals surface area contributed by atoms with E-state index in [0.717, 1.165) is 25.5 Å². The van der Waals surface area contributed by atoms with Crippen LogP contribution in [0.3, 0.4) is 0 Å². The van der Waals surface area contributed by atoms with Gasteiger partial charge in [-0.05, 0) is 53.8 Å². The van der Waals surface area contributed by atoms with Crippen LogP contribution in [0.4, 0.5) is 0 Å². The number of thiol groups is 1. The average Bonchev–Trinajstić information content (AvgIpc) is 2.92. The van der Waals surface area contributed by atoms with Crippen molar-refractivity contribution in [1.82, 2.24) is 0 Å². The zero-order chi connectivity index (χ0) is 30.4. The Kier molecular flexibility index (Phi) is 13.9. The number of halogens is 1. The molecule has 2 heterocycles. The average molecular weight is 892 g/mol. The molecule has 0 amide bonds. The Bertz CT molecular complexity index is 1620. The molecule has 0 saturated heterocycles. The van der Waals surface area contributed by atoms with Gasteiger partial charge in [-0.15, -0.1) is 11.8 Å². The molecule has 0 saturated carbocycles. The summed E-state index contributed by atoms with van der Waals surface area (Å²) >= 11 is 9.08. The monoisotopic (exact) mass is 891 g/mol. The van der Waals surface area contributed by atoms with Crippen molar-refractivity contribution in [2.24, 2.45) is 0 Å². The van der Waals surface area contributed by atoms with Gasteiger partial charge in [0.05, 0.1) is 22.3 Å². The Morgan fingerprint density at radius 3 is 1.55 bits per heavy atom. The van der Waals surface area contributed by atoms with Crippen molar-refractivity contribution in [1.29, 1.82) is 1.34 Å². The van der Waals surface area contributed by atoms with Crippen molar-refractivity contribution < 1.29 is 59.8 Å². The summed E-state index contributed by atoms with van der Waals surface area (Å²) in [4.78, 5) is 47.7. The summed E-state index contributed by atoms with van der Waals surface area (Å²) in [5.41, 5.74) is 1.82. The minimum atomic E-state index is -0.582. The van der Waals surface area contributed by atoms with Gasteiger partial charge in [0, 0.05) is 64.9 Å². The maximum absolute atomic E-state index is 11.8. The van der Waals surface area contributed by atoms with E-state index in [1.807, 2.05) is 38.1 Å². The number of ether oxygens (including phenoxy) is 2. The number of benzene rings is 4. The molecule has 6 nitrogen and oxygen atoms in total. The van der Waals surface area contributed by atoms with Gasteiger partial charge in [-0.2, -0.15) is 12.6 Å². The molecule has 2 radical (unpaired) electrons. The second kappa shape index (κ2) is 16.2. The standard InChI is InChI=1S/C15H12O3S.C12H5BrO3.C3H8S.CH4.BH.U/c1-8(2)19-12-7-6-11-13-9(12)4-3-5-10(13)14(16)18-15(11)17;13-9-5-4-8-10-6(9)2-1-3-7(10)11(14)16-12(8)15;1-3(2)4;;;/h3-8H,1-2H3;1-5H;3-4H,1-2H3;1H4;1H;/i;;;;1D;. The van der Waals surface area contributed by atoms with Crippen molar-refractivity contribution in [3.63, 3.8) is 0 Å². The summed E-state index contributed by atoms with van der Waals surface area (Å²) in [6, 6.07) is 17.8. The second-order valence-corrected chi connectivity index (χ2v) is 12.8. The third-order valence-corrected chi connectivity index (χ3v) is 7.37. The van der Waals surface area contributed by atoms with E-state index in [1.54, 1.807) is 48.2 Å². The van der Waals surface area contributed by atoms with Gasteiger partial charge in [-0.25, -0.2) is 19.2 Å². The molecule has 0 aromatic heterocycles. The van der Waals surface area contributed by atoms with Gasteiger partial charge in [0.25, 0.3) is 0 Å². The van der Waals surface area contributed by atoms with Crippen LogP contribution in [0.1, 0.15) is 76.6 Å². The quantitative estimate of drug-likeness (QED) is 0.0722. The van der Waals surface area contributed by atoms with Gasteiger partial charge in [0.2, 0.25) is 0 Å². The van der Waals surface area contributed by atoms with Crippen LogP contribution in [0.5, 0.6) is 0 Å². The molecule has 4 aromatic rings. The van der Waals surface area contributed by atoms with Gasteiger partial charge < -0.3 is 9.47 Å². The summed E-state index contributed by atoms with van der Waals surface area (Å²) < 4.78 is 15.5. The maximum atomic E-state index is 11.8. The molecule has 0 N–H and O–H groups in total. The molecule has 11 heteroatoms. The third kappa shape index (κ3) is 8.12. The van der Waals surface area contributed by atoms with Crippen LogP contribution >= 0.6 is 40.3 Å². The Balaban J connectivity index is 0.000000353. The van der Waals surface area contributed by atoms with Crippen LogP contribution in [0.15, 0.2) is 70.0 Å². The van der Waals surface area contributed by atoms with Crippen molar-refractivity contribution in [3.05, 3.63) is 87.4 Å². The molecule has 0 bridgehead atoms. The van der Waals surface area contributed by atoms with Crippen LogP contribution < -0.4 is 0 Å². The molecule has 4 aromatic carbocycles. The van der Waals surface area contributed by atoms with Crippen molar-refractivity contribution >= 4 is 94.1 Å². The number of rotatable bonds is 2. The smallest absolute Gasteiger partial charge is 0.346 e. The fourth-order valence-electron chi connectivity index (χ4n) is 4.18. The number of carbonyl (C=O) groups excluding carboxylic acids is 4. The van der Waals surface area contributed by atoms with Gasteiger partial charge in [0.15, 0.2) is 0 Å². The van der Waals surface area contributed by atoms with E-state index in [1.165, 1.54) is 0 Å². The molecule has 42 heavy (non-hydrogen) atoms. The topological polar surface area (TPSA) is 86.7 Å². The predicted molar refractivity (Wildman–Crippen MR) is 174 cm³/mol. The molecule has 0 fully saturated rings. The molecule has 6 rings (SSSR count). The Morgan fingerprint density at radius 2 is 1.10 bits per heavy atom. The van der Waals surface area contributed by atoms with Crippen LogP contribution in [0.25, 0.3) is 21.5 Å². The van der Waals surface area contributed by atoms with E-state index in [-0.39, 0.29) is 38.5 Å². The fourth-order valence-corrected chi connectivity index (χ4v) is 5.59. The predicted octanol–water partition coefficient (Wildman–Crippen LogP) is 7.88. The van der Waals surface area contributed by atoms with Crippen LogP contribution in [0.2, 0.25) is 0 Å². The van der Waals surface area contributed by atoms with E-state index in [9.17, 15) is 19.2 Å². The Morgan fingerprint density at radius 1 is 0.714 bits per heavy atom. The molecule has 0 atom stereocenters. The summed E-state index contributed by atoms with van der Waals surface area (Å²) in [7, 11) is 3.75. The van der Waals surface area contributed by atoms with Gasteiger partial charge >= 0.3 is 23.9 Å². The third-order valence-electron chi connectivity index (χ3n) is 5.60. The number of hydrogen-bond donors (Lipinski definition) is 1. The van der Waals surface area contributed by atoms with Crippen LogP contribution in [0, 0.1) is 31.1 Å². The molecule has 0 aliphatic carbocycles. The number of esters is 4. The molecule has 2 aliphatic rings.